The van der Waals surface area contributed by atoms with Gasteiger partial charge in [-0.1, -0.05) is 50.1 Å². The van der Waals surface area contributed by atoms with Crippen molar-refractivity contribution in [2.75, 3.05) is 7.11 Å². The van der Waals surface area contributed by atoms with Gasteiger partial charge in [-0.25, -0.2) is 0 Å². The molecule has 6 heteroatoms. The quantitative estimate of drug-likeness (QED) is 0.553. The van der Waals surface area contributed by atoms with Crippen LogP contribution in [0.15, 0.2) is 46.9 Å². The summed E-state index contributed by atoms with van der Waals surface area (Å²) in [6.07, 6.45) is -4.41. The van der Waals surface area contributed by atoms with Crippen molar-refractivity contribution in [3.63, 3.8) is 0 Å². The third kappa shape index (κ3) is 3.80. The third-order valence-electron chi connectivity index (χ3n) is 3.00. The molecule has 0 aromatic heterocycles. The monoisotopic (exact) mass is 422 g/mol. The summed E-state index contributed by atoms with van der Waals surface area (Å²) < 4.78 is 44.9. The van der Waals surface area contributed by atoms with Crippen LogP contribution >= 0.6 is 31.9 Å². The molecule has 0 N–H and O–H groups in total. The van der Waals surface area contributed by atoms with Crippen LogP contribution in [0.1, 0.15) is 21.5 Å². The maximum Gasteiger partial charge on any atom is 0.416 e. The van der Waals surface area contributed by atoms with E-state index in [1.54, 1.807) is 30.3 Å². The second-order valence-electron chi connectivity index (χ2n) is 4.37. The van der Waals surface area contributed by atoms with Gasteiger partial charge in [0.05, 0.1) is 17.5 Å². The first kappa shape index (κ1) is 16.4. The summed E-state index contributed by atoms with van der Waals surface area (Å²) in [5.41, 5.74) is 0.244. The number of hydrogen-bond donors (Lipinski definition) is 0. The average Bonchev–Trinajstić information content (AvgIpc) is 2.45. The predicted octanol–water partition coefficient (Wildman–Crippen LogP) is 5.96. The highest BCUT2D eigenvalue weighted by atomic mass is 79.9. The molecule has 0 fully saturated rings. The molecule has 0 spiro atoms. The van der Waals surface area contributed by atoms with Gasteiger partial charge < -0.3 is 4.74 Å². The van der Waals surface area contributed by atoms with Crippen molar-refractivity contribution >= 4 is 31.9 Å². The largest absolute Gasteiger partial charge is 0.497 e. The van der Waals surface area contributed by atoms with E-state index in [0.717, 1.165) is 11.6 Å². The van der Waals surface area contributed by atoms with Crippen LogP contribution in [-0.2, 0) is 6.18 Å². The average molecular weight is 424 g/mol. The minimum atomic E-state index is -4.41. The molecule has 0 saturated heterocycles. The molecule has 2 rings (SSSR count). The molecule has 1 nitrogen and oxygen atoms in total. The molecule has 21 heavy (non-hydrogen) atoms. The highest BCUT2D eigenvalue weighted by Gasteiger charge is 2.35. The summed E-state index contributed by atoms with van der Waals surface area (Å²) in [5, 5.41) is 0. The van der Waals surface area contributed by atoms with Crippen molar-refractivity contribution in [3.8, 4) is 5.75 Å². The fourth-order valence-corrected chi connectivity index (χ4v) is 3.01. The van der Waals surface area contributed by atoms with E-state index in [0.29, 0.717) is 10.2 Å². The fraction of sp³-hybridized carbons (Fsp3) is 0.200. The smallest absolute Gasteiger partial charge is 0.416 e. The van der Waals surface area contributed by atoms with E-state index >= 15 is 0 Å². The van der Waals surface area contributed by atoms with E-state index in [-0.39, 0.29) is 5.56 Å². The zero-order chi connectivity index (χ0) is 15.6. The highest BCUT2D eigenvalue weighted by molar-refractivity contribution is 9.10. The number of halogens is 5. The van der Waals surface area contributed by atoms with E-state index in [2.05, 4.69) is 31.9 Å². The topological polar surface area (TPSA) is 9.23 Å². The van der Waals surface area contributed by atoms with Crippen molar-refractivity contribution in [2.45, 2.75) is 11.0 Å². The fourth-order valence-electron chi connectivity index (χ4n) is 1.95. The van der Waals surface area contributed by atoms with Gasteiger partial charge in [-0.05, 0) is 35.4 Å². The number of benzene rings is 2. The van der Waals surface area contributed by atoms with Crippen LogP contribution < -0.4 is 4.74 Å². The van der Waals surface area contributed by atoms with E-state index in [1.165, 1.54) is 13.2 Å². The lowest BCUT2D eigenvalue weighted by Crippen LogP contribution is -2.10. The van der Waals surface area contributed by atoms with Crippen LogP contribution in [0.5, 0.6) is 5.75 Å². The first-order chi connectivity index (χ1) is 9.82. The van der Waals surface area contributed by atoms with E-state index in [9.17, 15) is 13.2 Å². The van der Waals surface area contributed by atoms with Crippen LogP contribution in [0, 0.1) is 0 Å². The Morgan fingerprint density at radius 2 is 1.67 bits per heavy atom. The van der Waals surface area contributed by atoms with Crippen molar-refractivity contribution in [1.29, 1.82) is 0 Å². The molecule has 0 amide bonds. The first-order valence-electron chi connectivity index (χ1n) is 5.97. The normalized spacial score (nSPS) is 13.0. The van der Waals surface area contributed by atoms with Crippen molar-refractivity contribution in [1.82, 2.24) is 0 Å². The molecule has 112 valence electrons. The van der Waals surface area contributed by atoms with Crippen LogP contribution in [0.4, 0.5) is 13.2 Å². The van der Waals surface area contributed by atoms with Crippen molar-refractivity contribution in [2.24, 2.45) is 0 Å². The second-order valence-corrected chi connectivity index (χ2v) is 6.20. The van der Waals surface area contributed by atoms with Gasteiger partial charge in [0, 0.05) is 4.47 Å². The van der Waals surface area contributed by atoms with Gasteiger partial charge >= 0.3 is 6.18 Å². The molecule has 0 aliphatic heterocycles. The lowest BCUT2D eigenvalue weighted by molar-refractivity contribution is -0.138. The summed E-state index contributed by atoms with van der Waals surface area (Å²) >= 11 is 6.43. The van der Waals surface area contributed by atoms with Gasteiger partial charge in [-0.3, -0.25) is 0 Å². The summed E-state index contributed by atoms with van der Waals surface area (Å²) in [6, 6.07) is 11.1. The molecule has 1 unspecified atom stereocenters. The number of rotatable bonds is 3. The van der Waals surface area contributed by atoms with E-state index in [4.69, 9.17) is 4.74 Å². The Balaban J connectivity index is 2.44. The van der Waals surface area contributed by atoms with Crippen molar-refractivity contribution < 1.29 is 17.9 Å². The summed E-state index contributed by atoms with van der Waals surface area (Å²) in [5.74, 6) is 0.658. The van der Waals surface area contributed by atoms with Gasteiger partial charge in [-0.2, -0.15) is 13.2 Å². The summed E-state index contributed by atoms with van der Waals surface area (Å²) in [6.45, 7) is 0. The molecule has 0 radical (unpaired) electrons. The Bertz CT molecular complexity index is 624. The molecular formula is C15H11Br2F3O. The van der Waals surface area contributed by atoms with Crippen LogP contribution in [0.3, 0.4) is 0 Å². The zero-order valence-corrected chi connectivity index (χ0v) is 14.1. The van der Waals surface area contributed by atoms with Crippen molar-refractivity contribution in [3.05, 3.63) is 63.6 Å². The molecule has 2 aromatic carbocycles. The van der Waals surface area contributed by atoms with Gasteiger partial charge in [0.25, 0.3) is 0 Å². The Kier molecular flexibility index (Phi) is 4.99. The third-order valence-corrected chi connectivity index (χ3v) is 4.52. The highest BCUT2D eigenvalue weighted by Crippen LogP contribution is 2.41. The number of ether oxygens (including phenoxy) is 1. The molecule has 0 heterocycles. The molecular weight excluding hydrogens is 413 g/mol. The Morgan fingerprint density at radius 1 is 1.05 bits per heavy atom. The lowest BCUT2D eigenvalue weighted by Gasteiger charge is -2.18. The van der Waals surface area contributed by atoms with E-state index in [1.807, 2.05) is 0 Å². The maximum atomic E-state index is 13.2. The van der Waals surface area contributed by atoms with Gasteiger partial charge in [-0.15, -0.1) is 0 Å². The summed E-state index contributed by atoms with van der Waals surface area (Å²) in [4.78, 5) is -0.548. The van der Waals surface area contributed by atoms with Gasteiger partial charge in [0.2, 0.25) is 0 Å². The van der Waals surface area contributed by atoms with Crippen LogP contribution in [0.25, 0.3) is 0 Å². The molecule has 1 atom stereocenters. The molecule has 0 saturated carbocycles. The second kappa shape index (κ2) is 6.40. The molecule has 0 bridgehead atoms. The maximum absolute atomic E-state index is 13.2. The SMILES string of the molecule is COc1ccc(C(Br)c2ccc(Br)cc2C(F)(F)F)cc1. The summed E-state index contributed by atoms with van der Waals surface area (Å²) in [7, 11) is 1.54. The molecule has 0 aliphatic carbocycles. The number of alkyl halides is 4. The lowest BCUT2D eigenvalue weighted by atomic mass is 9.99. The predicted molar refractivity (Wildman–Crippen MR) is 82.9 cm³/mol. The molecule has 0 aliphatic rings. The van der Waals surface area contributed by atoms with Gasteiger partial charge in [0.15, 0.2) is 0 Å². The van der Waals surface area contributed by atoms with E-state index < -0.39 is 16.6 Å². The minimum Gasteiger partial charge on any atom is -0.497 e. The number of methoxy groups -OCH3 is 1. The zero-order valence-electron chi connectivity index (χ0n) is 10.9. The minimum absolute atomic E-state index is 0.177. The Morgan fingerprint density at radius 3 is 2.19 bits per heavy atom. The molecule has 2 aromatic rings. The van der Waals surface area contributed by atoms with Crippen LogP contribution in [-0.4, -0.2) is 7.11 Å². The first-order valence-corrected chi connectivity index (χ1v) is 7.68. The Hall–Kier alpha value is -1.01. The van der Waals surface area contributed by atoms with Gasteiger partial charge in [0.1, 0.15) is 5.75 Å². The van der Waals surface area contributed by atoms with Crippen LogP contribution in [0.2, 0.25) is 0 Å². The Labute approximate surface area is 137 Å². The number of hydrogen-bond acceptors (Lipinski definition) is 1. The standard InChI is InChI=1S/C15H11Br2F3O/c1-21-11-5-2-9(3-6-11)14(17)12-7-4-10(16)8-13(12)15(18,19)20/h2-8,14H,1H3.